The molecule has 0 amide bonds. The van der Waals surface area contributed by atoms with Gasteiger partial charge in [0.15, 0.2) is 5.82 Å². The maximum atomic E-state index is 5.25. The number of nitrogens with zero attached hydrogens (tertiary/aromatic N) is 4. The highest BCUT2D eigenvalue weighted by Crippen LogP contribution is 2.08. The third-order valence-corrected chi connectivity index (χ3v) is 2.93. The molecule has 5 heteroatoms. The van der Waals surface area contributed by atoms with Gasteiger partial charge in [-0.25, -0.2) is 0 Å². The van der Waals surface area contributed by atoms with E-state index in [1.807, 2.05) is 18.2 Å². The molecule has 0 aliphatic heterocycles. The van der Waals surface area contributed by atoms with Crippen molar-refractivity contribution in [3.8, 4) is 0 Å². The molecule has 0 fully saturated rings. The van der Waals surface area contributed by atoms with Gasteiger partial charge in [-0.1, -0.05) is 35.5 Å². The monoisotopic (exact) mass is 266 g/mol. The van der Waals surface area contributed by atoms with Crippen LogP contribution >= 0.6 is 0 Å². The van der Waals surface area contributed by atoms with Crippen LogP contribution in [0.1, 0.15) is 23.0 Å². The number of aryl methyl sites for hydroxylation is 2. The van der Waals surface area contributed by atoms with Crippen molar-refractivity contribution in [2.75, 3.05) is 0 Å². The van der Waals surface area contributed by atoms with Gasteiger partial charge in [0.2, 0.25) is 5.89 Å². The number of benzene rings is 1. The Balaban J connectivity index is 1.60. The van der Waals surface area contributed by atoms with E-state index in [4.69, 9.17) is 4.52 Å². The first-order valence-corrected chi connectivity index (χ1v) is 6.50. The zero-order valence-electron chi connectivity index (χ0n) is 10.9. The number of rotatable bonds is 5. The van der Waals surface area contributed by atoms with Crippen molar-refractivity contribution >= 4 is 0 Å². The topological polar surface area (TPSA) is 64.7 Å². The first-order valence-electron chi connectivity index (χ1n) is 6.50. The molecule has 0 N–H and O–H groups in total. The predicted molar refractivity (Wildman–Crippen MR) is 73.0 cm³/mol. The van der Waals surface area contributed by atoms with E-state index in [1.54, 1.807) is 18.6 Å². The van der Waals surface area contributed by atoms with Crippen molar-refractivity contribution in [2.24, 2.45) is 0 Å². The van der Waals surface area contributed by atoms with Crippen molar-refractivity contribution < 1.29 is 4.52 Å². The molecule has 0 saturated carbocycles. The van der Waals surface area contributed by atoms with Gasteiger partial charge >= 0.3 is 0 Å². The quantitative estimate of drug-likeness (QED) is 0.708. The zero-order chi connectivity index (χ0) is 13.6. The molecule has 3 aromatic rings. The van der Waals surface area contributed by atoms with Gasteiger partial charge in [-0.3, -0.25) is 9.97 Å². The second-order valence-corrected chi connectivity index (χ2v) is 4.46. The molecule has 0 bridgehead atoms. The van der Waals surface area contributed by atoms with E-state index < -0.39 is 0 Å². The summed E-state index contributed by atoms with van der Waals surface area (Å²) in [6.45, 7) is 0. The lowest BCUT2D eigenvalue weighted by Crippen LogP contribution is -1.96. The van der Waals surface area contributed by atoms with Crippen LogP contribution in [0.15, 0.2) is 53.4 Å². The summed E-state index contributed by atoms with van der Waals surface area (Å²) < 4.78 is 5.25. The molecule has 100 valence electrons. The predicted octanol–water partition coefficient (Wildman–Crippen LogP) is 2.24. The van der Waals surface area contributed by atoms with Crippen molar-refractivity contribution in [2.45, 2.75) is 19.3 Å². The van der Waals surface area contributed by atoms with Crippen LogP contribution in [0, 0.1) is 0 Å². The largest absolute Gasteiger partial charge is 0.339 e. The molecule has 0 aliphatic rings. The van der Waals surface area contributed by atoms with Crippen LogP contribution < -0.4 is 0 Å². The molecule has 5 nitrogen and oxygen atoms in total. The van der Waals surface area contributed by atoms with Gasteiger partial charge in [0.05, 0.1) is 5.69 Å². The van der Waals surface area contributed by atoms with E-state index in [1.165, 1.54) is 5.56 Å². The normalized spacial score (nSPS) is 10.6. The Bertz CT molecular complexity index is 652. The minimum atomic E-state index is 0.640. The third kappa shape index (κ3) is 3.26. The molecule has 3 rings (SSSR count). The SMILES string of the molecule is c1ccc(Cc2noc(CCc3cnccn3)n2)cc1. The van der Waals surface area contributed by atoms with Crippen LogP contribution in [0.2, 0.25) is 0 Å². The van der Waals surface area contributed by atoms with Crippen LogP contribution in [-0.2, 0) is 19.3 Å². The Morgan fingerprint density at radius 3 is 2.70 bits per heavy atom. The molecule has 0 atom stereocenters. The van der Waals surface area contributed by atoms with Gasteiger partial charge in [0.1, 0.15) is 0 Å². The van der Waals surface area contributed by atoms with Crippen LogP contribution in [0.3, 0.4) is 0 Å². The zero-order valence-corrected chi connectivity index (χ0v) is 10.9. The highest BCUT2D eigenvalue weighted by Gasteiger charge is 2.07. The molecule has 0 radical (unpaired) electrons. The summed E-state index contributed by atoms with van der Waals surface area (Å²) in [6, 6.07) is 10.1. The Hall–Kier alpha value is -2.56. The fourth-order valence-corrected chi connectivity index (χ4v) is 1.94. The average molecular weight is 266 g/mol. The van der Waals surface area contributed by atoms with Gasteiger partial charge in [0, 0.05) is 31.4 Å². The summed E-state index contributed by atoms with van der Waals surface area (Å²) in [7, 11) is 0. The average Bonchev–Trinajstić information content (AvgIpc) is 2.95. The summed E-state index contributed by atoms with van der Waals surface area (Å²) in [5.74, 6) is 1.35. The first-order chi connectivity index (χ1) is 9.90. The minimum Gasteiger partial charge on any atom is -0.339 e. The molecule has 20 heavy (non-hydrogen) atoms. The van der Waals surface area contributed by atoms with Gasteiger partial charge in [-0.15, -0.1) is 0 Å². The van der Waals surface area contributed by atoms with E-state index >= 15 is 0 Å². The Morgan fingerprint density at radius 1 is 1.00 bits per heavy atom. The smallest absolute Gasteiger partial charge is 0.227 e. The molecule has 0 saturated heterocycles. The summed E-state index contributed by atoms with van der Waals surface area (Å²) in [6.07, 6.45) is 7.22. The standard InChI is InChI=1S/C15H14N4O/c1-2-4-12(5-3-1)10-14-18-15(20-19-14)7-6-13-11-16-8-9-17-13/h1-5,8-9,11H,6-7,10H2. The second-order valence-electron chi connectivity index (χ2n) is 4.46. The Kier molecular flexibility index (Phi) is 3.78. The van der Waals surface area contributed by atoms with Crippen LogP contribution in [0.5, 0.6) is 0 Å². The molecule has 1 aromatic carbocycles. The lowest BCUT2D eigenvalue weighted by atomic mass is 10.1. The van der Waals surface area contributed by atoms with Gasteiger partial charge < -0.3 is 4.52 Å². The number of aromatic nitrogens is 4. The van der Waals surface area contributed by atoms with Crippen LogP contribution in [0.25, 0.3) is 0 Å². The Morgan fingerprint density at radius 2 is 1.90 bits per heavy atom. The lowest BCUT2D eigenvalue weighted by Gasteiger charge is -1.95. The molecular formula is C15H14N4O. The number of hydrogen-bond acceptors (Lipinski definition) is 5. The van der Waals surface area contributed by atoms with E-state index in [2.05, 4.69) is 32.2 Å². The second kappa shape index (κ2) is 6.06. The summed E-state index contributed by atoms with van der Waals surface area (Å²) in [5.41, 5.74) is 2.10. The molecule has 0 unspecified atom stereocenters. The Labute approximate surface area is 116 Å². The highest BCUT2D eigenvalue weighted by molar-refractivity contribution is 5.18. The summed E-state index contributed by atoms with van der Waals surface area (Å²) in [4.78, 5) is 12.6. The fourth-order valence-electron chi connectivity index (χ4n) is 1.94. The molecule has 0 spiro atoms. The molecule has 0 aliphatic carbocycles. The summed E-state index contributed by atoms with van der Waals surface area (Å²) in [5, 5.41) is 4.00. The van der Waals surface area contributed by atoms with E-state index in [0.29, 0.717) is 24.6 Å². The van der Waals surface area contributed by atoms with Crippen molar-refractivity contribution in [3.63, 3.8) is 0 Å². The maximum Gasteiger partial charge on any atom is 0.227 e. The van der Waals surface area contributed by atoms with Gasteiger partial charge in [-0.2, -0.15) is 4.98 Å². The molecular weight excluding hydrogens is 252 g/mol. The fraction of sp³-hybridized carbons (Fsp3) is 0.200. The van der Waals surface area contributed by atoms with Crippen LogP contribution in [-0.4, -0.2) is 20.1 Å². The molecule has 2 heterocycles. The highest BCUT2D eigenvalue weighted by atomic mass is 16.5. The first kappa shape index (κ1) is 12.5. The van der Waals surface area contributed by atoms with Gasteiger partial charge in [-0.05, 0) is 12.0 Å². The van der Waals surface area contributed by atoms with Crippen molar-refractivity contribution in [1.82, 2.24) is 20.1 Å². The maximum absolute atomic E-state index is 5.25. The molecule has 2 aromatic heterocycles. The lowest BCUT2D eigenvalue weighted by molar-refractivity contribution is 0.373. The summed E-state index contributed by atoms with van der Waals surface area (Å²) >= 11 is 0. The number of hydrogen-bond donors (Lipinski definition) is 0. The third-order valence-electron chi connectivity index (χ3n) is 2.93. The van der Waals surface area contributed by atoms with E-state index in [0.717, 1.165) is 12.1 Å². The van der Waals surface area contributed by atoms with E-state index in [-0.39, 0.29) is 0 Å². The minimum absolute atomic E-state index is 0.640. The van der Waals surface area contributed by atoms with Gasteiger partial charge in [0.25, 0.3) is 0 Å². The van der Waals surface area contributed by atoms with Crippen LogP contribution in [0.4, 0.5) is 0 Å². The van der Waals surface area contributed by atoms with Crippen molar-refractivity contribution in [3.05, 3.63) is 71.9 Å². The van der Waals surface area contributed by atoms with E-state index in [9.17, 15) is 0 Å². The van der Waals surface area contributed by atoms with Crippen molar-refractivity contribution in [1.29, 1.82) is 0 Å².